The molecular formula is C12H15Cl2N3. The van der Waals surface area contributed by atoms with Crippen molar-refractivity contribution in [2.45, 2.75) is 13.0 Å². The Labute approximate surface area is 111 Å². The molecule has 0 fully saturated rings. The molecule has 0 saturated carbocycles. The van der Waals surface area contributed by atoms with Crippen molar-refractivity contribution in [3.05, 3.63) is 33.8 Å². The van der Waals surface area contributed by atoms with Crippen LogP contribution in [-0.2, 0) is 0 Å². The van der Waals surface area contributed by atoms with Gasteiger partial charge < -0.3 is 10.6 Å². The molecule has 2 N–H and O–H groups in total. The summed E-state index contributed by atoms with van der Waals surface area (Å²) in [5, 5.41) is 1.05. The molecule has 5 heteroatoms. The molecule has 1 aliphatic heterocycles. The van der Waals surface area contributed by atoms with Gasteiger partial charge in [-0.15, -0.1) is 0 Å². The summed E-state index contributed by atoms with van der Waals surface area (Å²) in [6, 6.07) is 5.21. The summed E-state index contributed by atoms with van der Waals surface area (Å²) >= 11 is 12.2. The van der Waals surface area contributed by atoms with E-state index in [9.17, 15) is 0 Å². The summed E-state index contributed by atoms with van der Waals surface area (Å²) in [6.45, 7) is 4.73. The number of rotatable bonds is 3. The van der Waals surface area contributed by atoms with E-state index >= 15 is 0 Å². The molecule has 0 saturated heterocycles. The van der Waals surface area contributed by atoms with Gasteiger partial charge in [-0.05, 0) is 18.6 Å². The molecule has 1 aliphatic rings. The minimum absolute atomic E-state index is 0.302. The quantitative estimate of drug-likeness (QED) is 0.919. The van der Waals surface area contributed by atoms with E-state index in [-0.39, 0.29) is 6.04 Å². The average molecular weight is 272 g/mol. The van der Waals surface area contributed by atoms with Gasteiger partial charge in [-0.1, -0.05) is 35.3 Å². The van der Waals surface area contributed by atoms with E-state index in [4.69, 9.17) is 28.9 Å². The second kappa shape index (κ2) is 5.25. The molecule has 1 atom stereocenters. The van der Waals surface area contributed by atoms with Gasteiger partial charge >= 0.3 is 0 Å². The second-order valence-electron chi connectivity index (χ2n) is 3.94. The number of likely N-dealkylation sites (N-methyl/N-ethyl adjacent to an activating group) is 1. The summed E-state index contributed by atoms with van der Waals surface area (Å²) in [6.07, 6.45) is 0. The van der Waals surface area contributed by atoms with Crippen LogP contribution in [0.2, 0.25) is 10.0 Å². The van der Waals surface area contributed by atoms with Crippen molar-refractivity contribution in [3.63, 3.8) is 0 Å². The lowest BCUT2D eigenvalue weighted by Crippen LogP contribution is -2.35. The van der Waals surface area contributed by atoms with Crippen molar-refractivity contribution in [2.75, 3.05) is 19.6 Å². The van der Waals surface area contributed by atoms with E-state index in [1.54, 1.807) is 6.07 Å². The Morgan fingerprint density at radius 2 is 2.24 bits per heavy atom. The van der Waals surface area contributed by atoms with Gasteiger partial charge in [0.2, 0.25) is 0 Å². The molecule has 2 rings (SSSR count). The number of nitrogens with zero attached hydrogens (tertiary/aromatic N) is 2. The third-order valence-corrected chi connectivity index (χ3v) is 3.78. The Morgan fingerprint density at radius 3 is 2.94 bits per heavy atom. The summed E-state index contributed by atoms with van der Waals surface area (Å²) in [7, 11) is 0. The van der Waals surface area contributed by atoms with Gasteiger partial charge in [0.25, 0.3) is 0 Å². The van der Waals surface area contributed by atoms with Crippen molar-refractivity contribution < 1.29 is 0 Å². The molecule has 0 spiro atoms. The molecule has 17 heavy (non-hydrogen) atoms. The normalized spacial score (nSPS) is 17.2. The van der Waals surface area contributed by atoms with Crippen LogP contribution in [0.3, 0.4) is 0 Å². The lowest BCUT2D eigenvalue weighted by molar-refractivity contribution is 0.468. The highest BCUT2D eigenvalue weighted by Gasteiger charge is 2.24. The number of nitrogens with two attached hydrogens (primary N) is 1. The number of aliphatic imine (C=N–C) groups is 1. The van der Waals surface area contributed by atoms with Gasteiger partial charge in [0.15, 0.2) is 0 Å². The minimum atomic E-state index is -0.302. The van der Waals surface area contributed by atoms with Crippen LogP contribution < -0.4 is 5.73 Å². The third kappa shape index (κ3) is 2.41. The van der Waals surface area contributed by atoms with E-state index in [1.807, 2.05) is 12.1 Å². The molecule has 1 unspecified atom stereocenters. The van der Waals surface area contributed by atoms with Crippen molar-refractivity contribution in [3.8, 4) is 0 Å². The highest BCUT2D eigenvalue weighted by Crippen LogP contribution is 2.30. The first kappa shape index (κ1) is 12.7. The molecular weight excluding hydrogens is 257 g/mol. The minimum Gasteiger partial charge on any atom is -0.357 e. The third-order valence-electron chi connectivity index (χ3n) is 2.94. The van der Waals surface area contributed by atoms with Gasteiger partial charge in [-0.3, -0.25) is 4.99 Å². The maximum Gasteiger partial charge on any atom is 0.121 e. The molecule has 0 amide bonds. The van der Waals surface area contributed by atoms with Crippen molar-refractivity contribution in [2.24, 2.45) is 10.7 Å². The highest BCUT2D eigenvalue weighted by atomic mass is 35.5. The van der Waals surface area contributed by atoms with Crippen molar-refractivity contribution >= 4 is 29.0 Å². The topological polar surface area (TPSA) is 41.6 Å². The van der Waals surface area contributed by atoms with Gasteiger partial charge in [-0.2, -0.15) is 0 Å². The Hall–Kier alpha value is -0.770. The zero-order valence-corrected chi connectivity index (χ0v) is 11.2. The Bertz CT molecular complexity index is 445. The molecule has 0 aromatic heterocycles. The fourth-order valence-electron chi connectivity index (χ4n) is 2.01. The van der Waals surface area contributed by atoms with Crippen LogP contribution in [0.25, 0.3) is 0 Å². The summed E-state index contributed by atoms with van der Waals surface area (Å²) in [5.41, 5.74) is 7.05. The fourth-order valence-corrected chi connectivity index (χ4v) is 2.44. The number of benzene rings is 1. The molecule has 92 valence electrons. The predicted molar refractivity (Wildman–Crippen MR) is 72.9 cm³/mol. The molecule has 1 heterocycles. The van der Waals surface area contributed by atoms with Gasteiger partial charge in [0.1, 0.15) is 5.84 Å². The van der Waals surface area contributed by atoms with Crippen LogP contribution in [0, 0.1) is 0 Å². The van der Waals surface area contributed by atoms with E-state index in [1.165, 1.54) is 0 Å². The average Bonchev–Trinajstić information content (AvgIpc) is 2.80. The van der Waals surface area contributed by atoms with Crippen LogP contribution in [0.15, 0.2) is 23.2 Å². The Balaban J connectivity index is 2.31. The maximum atomic E-state index is 6.22. The fraction of sp³-hybridized carbons (Fsp3) is 0.417. The molecule has 0 radical (unpaired) electrons. The number of halogens is 2. The van der Waals surface area contributed by atoms with Crippen LogP contribution in [0.1, 0.15) is 18.5 Å². The Morgan fingerprint density at radius 1 is 1.47 bits per heavy atom. The van der Waals surface area contributed by atoms with Crippen LogP contribution in [-0.4, -0.2) is 30.4 Å². The lowest BCUT2D eigenvalue weighted by atomic mass is 10.1. The first-order chi connectivity index (χ1) is 8.15. The largest absolute Gasteiger partial charge is 0.357 e. The van der Waals surface area contributed by atoms with E-state index < -0.39 is 0 Å². The Kier molecular flexibility index (Phi) is 3.92. The lowest BCUT2D eigenvalue weighted by Gasteiger charge is -2.23. The molecule has 3 nitrogen and oxygen atoms in total. The van der Waals surface area contributed by atoms with Crippen molar-refractivity contribution in [1.29, 1.82) is 0 Å². The first-order valence-electron chi connectivity index (χ1n) is 5.64. The smallest absolute Gasteiger partial charge is 0.121 e. The van der Waals surface area contributed by atoms with Crippen LogP contribution in [0.4, 0.5) is 0 Å². The second-order valence-corrected chi connectivity index (χ2v) is 4.73. The molecule has 0 aliphatic carbocycles. The van der Waals surface area contributed by atoms with Crippen LogP contribution >= 0.6 is 23.2 Å². The first-order valence-corrected chi connectivity index (χ1v) is 6.39. The van der Waals surface area contributed by atoms with Gasteiger partial charge in [-0.25, -0.2) is 0 Å². The van der Waals surface area contributed by atoms with E-state index in [0.717, 1.165) is 31.0 Å². The number of hydrogen-bond acceptors (Lipinski definition) is 3. The monoisotopic (exact) mass is 271 g/mol. The SMILES string of the molecule is CCN1CCN=C1C(N)c1cccc(Cl)c1Cl. The summed E-state index contributed by atoms with van der Waals surface area (Å²) in [4.78, 5) is 6.62. The maximum absolute atomic E-state index is 6.22. The molecule has 0 bridgehead atoms. The zero-order chi connectivity index (χ0) is 12.4. The number of hydrogen-bond donors (Lipinski definition) is 1. The number of amidine groups is 1. The standard InChI is InChI=1S/C12H15Cl2N3/c1-2-17-7-6-16-12(17)11(15)8-4-3-5-9(13)10(8)14/h3-5,11H,2,6-7,15H2,1H3. The van der Waals surface area contributed by atoms with Gasteiger partial charge in [0.05, 0.1) is 22.6 Å². The summed E-state index contributed by atoms with van der Waals surface area (Å²) < 4.78 is 0. The molecule has 1 aromatic rings. The summed E-state index contributed by atoms with van der Waals surface area (Å²) in [5.74, 6) is 0.900. The van der Waals surface area contributed by atoms with E-state index in [2.05, 4.69) is 16.8 Å². The van der Waals surface area contributed by atoms with Crippen molar-refractivity contribution in [1.82, 2.24) is 4.90 Å². The zero-order valence-electron chi connectivity index (χ0n) is 9.66. The highest BCUT2D eigenvalue weighted by molar-refractivity contribution is 6.42. The van der Waals surface area contributed by atoms with Crippen LogP contribution in [0.5, 0.6) is 0 Å². The predicted octanol–water partition coefficient (Wildman–Crippen LogP) is 2.73. The van der Waals surface area contributed by atoms with Gasteiger partial charge in [0, 0.05) is 13.1 Å². The van der Waals surface area contributed by atoms with E-state index in [0.29, 0.717) is 10.0 Å². The molecule has 1 aromatic carbocycles.